The average Bonchev–Trinajstić information content (AvgIpc) is 2.35. The zero-order chi connectivity index (χ0) is 15.3. The molecule has 1 N–H and O–H groups in total. The van der Waals surface area contributed by atoms with Gasteiger partial charge in [0, 0.05) is 23.8 Å². The molecule has 114 valence electrons. The molecule has 0 fully saturated rings. The van der Waals surface area contributed by atoms with Crippen LogP contribution < -0.4 is 10.2 Å². The quantitative estimate of drug-likeness (QED) is 0.868. The van der Waals surface area contributed by atoms with Crippen molar-refractivity contribution in [3.8, 4) is 0 Å². The molecule has 3 nitrogen and oxygen atoms in total. The molecule has 0 amide bonds. The molecule has 1 heterocycles. The summed E-state index contributed by atoms with van der Waals surface area (Å²) in [5, 5.41) is 3.21. The summed E-state index contributed by atoms with van der Waals surface area (Å²) in [6, 6.07) is 3.25. The summed E-state index contributed by atoms with van der Waals surface area (Å²) < 4.78 is 38.2. The summed E-state index contributed by atoms with van der Waals surface area (Å²) in [5.41, 5.74) is 0.785. The first kappa shape index (κ1) is 16.8. The predicted molar refractivity (Wildman–Crippen MR) is 74.9 cm³/mol. The molecule has 0 aliphatic heterocycles. The van der Waals surface area contributed by atoms with E-state index >= 15 is 0 Å². The Morgan fingerprint density at radius 3 is 2.45 bits per heavy atom. The molecule has 1 aromatic heterocycles. The van der Waals surface area contributed by atoms with Crippen LogP contribution in [0.15, 0.2) is 18.3 Å². The number of rotatable bonds is 6. The van der Waals surface area contributed by atoms with Crippen LogP contribution in [0.5, 0.6) is 0 Å². The van der Waals surface area contributed by atoms with Gasteiger partial charge >= 0.3 is 6.18 Å². The van der Waals surface area contributed by atoms with Gasteiger partial charge < -0.3 is 10.2 Å². The molecule has 0 aliphatic carbocycles. The minimum Gasteiger partial charge on any atom is -0.345 e. The van der Waals surface area contributed by atoms with Crippen molar-refractivity contribution < 1.29 is 13.2 Å². The van der Waals surface area contributed by atoms with Crippen molar-refractivity contribution in [2.75, 3.05) is 18.0 Å². The van der Waals surface area contributed by atoms with Crippen LogP contribution in [0.4, 0.5) is 19.0 Å². The highest BCUT2D eigenvalue weighted by Gasteiger charge is 2.33. The summed E-state index contributed by atoms with van der Waals surface area (Å²) in [5.74, 6) is 0.397. The largest absolute Gasteiger partial charge is 0.405 e. The first-order chi connectivity index (χ1) is 9.26. The molecule has 0 bridgehead atoms. The number of pyridine rings is 1. The molecule has 0 saturated heterocycles. The van der Waals surface area contributed by atoms with Gasteiger partial charge in [-0.1, -0.05) is 13.0 Å². The zero-order valence-electron chi connectivity index (χ0n) is 12.3. The van der Waals surface area contributed by atoms with Crippen LogP contribution in [-0.4, -0.2) is 30.3 Å². The van der Waals surface area contributed by atoms with Crippen LogP contribution >= 0.6 is 0 Å². The van der Waals surface area contributed by atoms with E-state index in [1.807, 2.05) is 19.9 Å². The van der Waals surface area contributed by atoms with Gasteiger partial charge in [-0.05, 0) is 33.4 Å². The molecular formula is C14H22F3N3. The van der Waals surface area contributed by atoms with E-state index in [1.165, 1.54) is 11.1 Å². The van der Waals surface area contributed by atoms with Crippen molar-refractivity contribution in [1.29, 1.82) is 0 Å². The van der Waals surface area contributed by atoms with Gasteiger partial charge in [-0.25, -0.2) is 4.98 Å². The van der Waals surface area contributed by atoms with Gasteiger partial charge in [0.25, 0.3) is 0 Å². The number of anilines is 1. The molecule has 1 aromatic rings. The van der Waals surface area contributed by atoms with E-state index in [-0.39, 0.29) is 12.1 Å². The van der Waals surface area contributed by atoms with E-state index in [0.717, 1.165) is 12.1 Å². The highest BCUT2D eigenvalue weighted by molar-refractivity contribution is 5.49. The summed E-state index contributed by atoms with van der Waals surface area (Å²) in [7, 11) is 0. The Bertz CT molecular complexity index is 418. The third kappa shape index (κ3) is 4.67. The van der Waals surface area contributed by atoms with Crippen molar-refractivity contribution >= 4 is 5.82 Å². The average molecular weight is 289 g/mol. The second kappa shape index (κ2) is 6.92. The lowest BCUT2D eigenvalue weighted by atomic mass is 10.1. The highest BCUT2D eigenvalue weighted by Crippen LogP contribution is 2.28. The van der Waals surface area contributed by atoms with E-state index in [1.54, 1.807) is 19.9 Å². The van der Waals surface area contributed by atoms with Gasteiger partial charge in [0.15, 0.2) is 0 Å². The van der Waals surface area contributed by atoms with Gasteiger partial charge in [0.05, 0.1) is 0 Å². The third-order valence-electron chi connectivity index (χ3n) is 3.04. The molecule has 0 aromatic carbocycles. The number of halogens is 3. The molecule has 0 aliphatic rings. The topological polar surface area (TPSA) is 28.2 Å². The first-order valence-electron chi connectivity index (χ1n) is 6.78. The number of hydrogen-bond donors (Lipinski definition) is 1. The lowest BCUT2D eigenvalue weighted by Crippen LogP contribution is -2.40. The van der Waals surface area contributed by atoms with Gasteiger partial charge in [-0.15, -0.1) is 0 Å². The molecule has 0 radical (unpaired) electrons. The van der Waals surface area contributed by atoms with E-state index < -0.39 is 12.7 Å². The maximum atomic E-state index is 12.7. The van der Waals surface area contributed by atoms with E-state index in [4.69, 9.17) is 0 Å². The zero-order valence-corrected chi connectivity index (χ0v) is 12.3. The molecule has 1 atom stereocenters. The van der Waals surface area contributed by atoms with Crippen molar-refractivity contribution in [2.24, 2.45) is 0 Å². The highest BCUT2D eigenvalue weighted by atomic mass is 19.4. The second-order valence-electron chi connectivity index (χ2n) is 5.03. The normalized spacial score (nSPS) is 13.6. The third-order valence-corrected chi connectivity index (χ3v) is 3.04. The van der Waals surface area contributed by atoms with Gasteiger partial charge in [-0.2, -0.15) is 13.2 Å². The summed E-state index contributed by atoms with van der Waals surface area (Å²) >= 11 is 0. The maximum absolute atomic E-state index is 12.7. The molecular weight excluding hydrogens is 267 g/mol. The number of hydrogen-bond acceptors (Lipinski definition) is 3. The van der Waals surface area contributed by atoms with Crippen LogP contribution in [0.3, 0.4) is 0 Å². The van der Waals surface area contributed by atoms with Crippen LogP contribution in [0.25, 0.3) is 0 Å². The van der Waals surface area contributed by atoms with E-state index in [9.17, 15) is 13.2 Å². The second-order valence-corrected chi connectivity index (χ2v) is 5.03. The SMILES string of the molecule is CCNC(C)c1cccnc1N(CC(F)(F)F)C(C)C. The Morgan fingerprint density at radius 2 is 1.95 bits per heavy atom. The number of nitrogens with one attached hydrogen (secondary N) is 1. The minimum atomic E-state index is -4.25. The van der Waals surface area contributed by atoms with E-state index in [2.05, 4.69) is 10.3 Å². The van der Waals surface area contributed by atoms with Crippen LogP contribution in [0, 0.1) is 0 Å². The molecule has 20 heavy (non-hydrogen) atoms. The Balaban J connectivity index is 3.13. The van der Waals surface area contributed by atoms with Crippen molar-refractivity contribution in [1.82, 2.24) is 10.3 Å². The Labute approximate surface area is 118 Å². The predicted octanol–water partition coefficient (Wildman–Crippen LogP) is 3.53. The molecule has 6 heteroatoms. The van der Waals surface area contributed by atoms with Crippen LogP contribution in [0.1, 0.15) is 39.3 Å². The lowest BCUT2D eigenvalue weighted by Gasteiger charge is -2.31. The summed E-state index contributed by atoms with van der Waals surface area (Å²) in [6.07, 6.45) is -2.72. The molecule has 0 saturated carbocycles. The van der Waals surface area contributed by atoms with E-state index in [0.29, 0.717) is 5.82 Å². The van der Waals surface area contributed by atoms with Crippen LogP contribution in [0.2, 0.25) is 0 Å². The maximum Gasteiger partial charge on any atom is 0.405 e. The fourth-order valence-electron chi connectivity index (χ4n) is 2.10. The number of alkyl halides is 3. The fourth-order valence-corrected chi connectivity index (χ4v) is 2.10. The standard InChI is InChI=1S/C14H22F3N3/c1-5-18-11(4)12-7-6-8-19-13(12)20(10(2)3)9-14(15,16)17/h6-8,10-11,18H,5,9H2,1-4H3. The van der Waals surface area contributed by atoms with Gasteiger partial charge in [-0.3, -0.25) is 0 Å². The van der Waals surface area contributed by atoms with Crippen molar-refractivity contribution in [3.05, 3.63) is 23.9 Å². The molecule has 1 rings (SSSR count). The molecule has 0 spiro atoms. The Morgan fingerprint density at radius 1 is 1.30 bits per heavy atom. The summed E-state index contributed by atoms with van der Waals surface area (Å²) in [4.78, 5) is 5.47. The van der Waals surface area contributed by atoms with Gasteiger partial charge in [0.1, 0.15) is 12.4 Å². The number of nitrogens with zero attached hydrogens (tertiary/aromatic N) is 2. The Kier molecular flexibility index (Phi) is 5.80. The number of aromatic nitrogens is 1. The molecule has 1 unspecified atom stereocenters. The monoisotopic (exact) mass is 289 g/mol. The van der Waals surface area contributed by atoms with Crippen LogP contribution in [-0.2, 0) is 0 Å². The lowest BCUT2D eigenvalue weighted by molar-refractivity contribution is -0.120. The first-order valence-corrected chi connectivity index (χ1v) is 6.78. The minimum absolute atomic E-state index is 0.0433. The Hall–Kier alpha value is -1.30. The fraction of sp³-hybridized carbons (Fsp3) is 0.643. The summed E-state index contributed by atoms with van der Waals surface area (Å²) in [6.45, 7) is 7.12. The van der Waals surface area contributed by atoms with Gasteiger partial charge in [0.2, 0.25) is 0 Å². The van der Waals surface area contributed by atoms with Crippen molar-refractivity contribution in [2.45, 2.75) is 46.0 Å². The van der Waals surface area contributed by atoms with Crippen molar-refractivity contribution in [3.63, 3.8) is 0 Å². The smallest absolute Gasteiger partial charge is 0.345 e.